The van der Waals surface area contributed by atoms with E-state index in [0.29, 0.717) is 11.3 Å². The van der Waals surface area contributed by atoms with Crippen LogP contribution in [-0.4, -0.2) is 24.0 Å². The highest BCUT2D eigenvalue weighted by atomic mass is 32.3. The summed E-state index contributed by atoms with van der Waals surface area (Å²) in [5, 5.41) is 2.30. The van der Waals surface area contributed by atoms with E-state index in [4.69, 9.17) is 9.29 Å². The van der Waals surface area contributed by atoms with Crippen LogP contribution in [0.25, 0.3) is 0 Å². The maximum atomic E-state index is 11.5. The lowest BCUT2D eigenvalue weighted by Gasteiger charge is -2.04. The number of benzene rings is 1. The van der Waals surface area contributed by atoms with Crippen LogP contribution in [0.2, 0.25) is 0 Å². The van der Waals surface area contributed by atoms with E-state index in [2.05, 4.69) is 10.3 Å². The number of carbonyl (C=O) groups is 1. The lowest BCUT2D eigenvalue weighted by Crippen LogP contribution is -2.13. The van der Waals surface area contributed by atoms with Gasteiger partial charge in [0.2, 0.25) is 0 Å². The predicted octanol–water partition coefficient (Wildman–Crippen LogP) is 2.14. The predicted molar refractivity (Wildman–Crippen MR) is 72.2 cm³/mol. The number of rotatable bonds is 4. The Morgan fingerprint density at radius 1 is 1.35 bits per heavy atom. The monoisotopic (exact) mass is 314 g/mol. The van der Waals surface area contributed by atoms with Gasteiger partial charge in [0.1, 0.15) is 6.61 Å². The Labute approximate surface area is 119 Å². The molecular weight excluding hydrogens is 304 g/mol. The Hall–Kier alpha value is -1.97. The summed E-state index contributed by atoms with van der Waals surface area (Å²) in [7, 11) is -4.31. The highest BCUT2D eigenvalue weighted by molar-refractivity contribution is 7.88. The quantitative estimate of drug-likeness (QED) is 0.838. The molecule has 0 bridgehead atoms. The van der Waals surface area contributed by atoms with E-state index in [1.54, 1.807) is 12.1 Å². The van der Waals surface area contributed by atoms with Gasteiger partial charge in [-0.3, -0.25) is 9.87 Å². The van der Waals surface area contributed by atoms with Crippen molar-refractivity contribution >= 4 is 32.7 Å². The van der Waals surface area contributed by atoms with Crippen molar-refractivity contribution in [3.63, 3.8) is 0 Å². The minimum absolute atomic E-state index is 0.0238. The molecule has 2 aromatic rings. The Morgan fingerprint density at radius 3 is 2.65 bits per heavy atom. The van der Waals surface area contributed by atoms with E-state index in [9.17, 15) is 13.2 Å². The van der Waals surface area contributed by atoms with Crippen LogP contribution in [0.4, 0.5) is 9.93 Å². The first-order valence-electron chi connectivity index (χ1n) is 5.36. The lowest BCUT2D eigenvalue weighted by molar-refractivity contribution is 0.155. The van der Waals surface area contributed by atoms with Gasteiger partial charge in [-0.25, -0.2) is 9.78 Å². The SMILES string of the molecule is O=C(Nc1ncc(S(=O)(=O)O)s1)OCc1ccccc1. The molecule has 1 aromatic heterocycles. The second kappa shape index (κ2) is 5.99. The summed E-state index contributed by atoms with van der Waals surface area (Å²) < 4.78 is 35.0. The summed E-state index contributed by atoms with van der Waals surface area (Å²) in [5.74, 6) is 0. The fourth-order valence-electron chi connectivity index (χ4n) is 1.28. The van der Waals surface area contributed by atoms with Gasteiger partial charge in [-0.2, -0.15) is 8.42 Å². The van der Waals surface area contributed by atoms with E-state index < -0.39 is 16.2 Å². The number of hydrogen-bond acceptors (Lipinski definition) is 6. The molecule has 7 nitrogen and oxygen atoms in total. The topological polar surface area (TPSA) is 106 Å². The summed E-state index contributed by atoms with van der Waals surface area (Å²) in [6, 6.07) is 9.07. The van der Waals surface area contributed by atoms with Gasteiger partial charge >= 0.3 is 16.2 Å². The van der Waals surface area contributed by atoms with E-state index in [0.717, 1.165) is 11.8 Å². The molecule has 0 radical (unpaired) electrons. The number of amides is 1. The smallest absolute Gasteiger partial charge is 0.413 e. The highest BCUT2D eigenvalue weighted by Gasteiger charge is 2.15. The third-order valence-corrected chi connectivity index (χ3v) is 4.36. The largest absolute Gasteiger partial charge is 0.444 e. The summed E-state index contributed by atoms with van der Waals surface area (Å²) in [6.45, 7) is 0.0865. The molecule has 0 aliphatic rings. The van der Waals surface area contributed by atoms with Crippen LogP contribution in [0, 0.1) is 0 Å². The second-order valence-electron chi connectivity index (χ2n) is 3.65. The van der Waals surface area contributed by atoms with Crippen LogP contribution in [0.1, 0.15) is 5.56 Å². The van der Waals surface area contributed by atoms with Gasteiger partial charge in [-0.15, -0.1) is 0 Å². The molecule has 1 heterocycles. The highest BCUT2D eigenvalue weighted by Crippen LogP contribution is 2.22. The number of nitrogens with one attached hydrogen (secondary N) is 1. The van der Waals surface area contributed by atoms with E-state index in [-0.39, 0.29) is 15.9 Å². The number of nitrogens with zero attached hydrogens (tertiary/aromatic N) is 1. The molecule has 0 unspecified atom stereocenters. The van der Waals surface area contributed by atoms with Crippen molar-refractivity contribution in [2.24, 2.45) is 0 Å². The van der Waals surface area contributed by atoms with Crippen LogP contribution >= 0.6 is 11.3 Å². The molecular formula is C11H10N2O5S2. The van der Waals surface area contributed by atoms with Crippen molar-refractivity contribution in [2.45, 2.75) is 10.8 Å². The maximum Gasteiger partial charge on any atom is 0.413 e. The molecule has 1 amide bonds. The van der Waals surface area contributed by atoms with Crippen LogP contribution in [0.3, 0.4) is 0 Å². The first kappa shape index (κ1) is 14.4. The molecule has 0 saturated carbocycles. The molecule has 0 saturated heterocycles. The van der Waals surface area contributed by atoms with Gasteiger partial charge in [0.25, 0.3) is 0 Å². The third kappa shape index (κ3) is 4.02. The van der Waals surface area contributed by atoms with Crippen LogP contribution < -0.4 is 5.32 Å². The zero-order chi connectivity index (χ0) is 14.6. The van der Waals surface area contributed by atoms with Crippen LogP contribution in [0.15, 0.2) is 40.7 Å². The lowest BCUT2D eigenvalue weighted by atomic mass is 10.2. The van der Waals surface area contributed by atoms with Gasteiger partial charge in [0.15, 0.2) is 9.34 Å². The Bertz CT molecular complexity index is 697. The van der Waals surface area contributed by atoms with E-state index >= 15 is 0 Å². The maximum absolute atomic E-state index is 11.5. The molecule has 0 fully saturated rings. The zero-order valence-corrected chi connectivity index (χ0v) is 11.6. The fraction of sp³-hybridized carbons (Fsp3) is 0.0909. The average Bonchev–Trinajstić information content (AvgIpc) is 2.86. The molecule has 0 spiro atoms. The molecule has 1 aromatic carbocycles. The van der Waals surface area contributed by atoms with E-state index in [1.807, 2.05) is 18.2 Å². The standard InChI is InChI=1S/C11H10N2O5S2/c14-11(18-7-8-4-2-1-3-5-8)13-10-12-6-9(19-10)20(15,16)17/h1-6H,7H2,(H,12,13,14)(H,15,16,17). The molecule has 20 heavy (non-hydrogen) atoms. The van der Waals surface area contributed by atoms with Crippen molar-refractivity contribution in [2.75, 3.05) is 5.32 Å². The molecule has 0 atom stereocenters. The third-order valence-electron chi connectivity index (χ3n) is 2.16. The summed E-state index contributed by atoms with van der Waals surface area (Å²) in [4.78, 5) is 15.1. The number of aromatic nitrogens is 1. The van der Waals surface area contributed by atoms with Gasteiger partial charge in [0.05, 0.1) is 6.20 Å². The van der Waals surface area contributed by atoms with Gasteiger partial charge in [-0.1, -0.05) is 41.7 Å². The first-order valence-corrected chi connectivity index (χ1v) is 7.62. The molecule has 0 aliphatic carbocycles. The number of thiazole rings is 1. The summed E-state index contributed by atoms with van der Waals surface area (Å²) in [5.41, 5.74) is 0.820. The van der Waals surface area contributed by atoms with Gasteiger partial charge in [0, 0.05) is 0 Å². The molecule has 0 aliphatic heterocycles. The number of ether oxygens (including phenoxy) is 1. The average molecular weight is 314 g/mol. The van der Waals surface area contributed by atoms with Crippen LogP contribution in [0.5, 0.6) is 0 Å². The van der Waals surface area contributed by atoms with Crippen molar-refractivity contribution in [3.8, 4) is 0 Å². The molecule has 2 rings (SSSR count). The summed E-state index contributed by atoms with van der Waals surface area (Å²) in [6.07, 6.45) is 0.192. The van der Waals surface area contributed by atoms with Crippen molar-refractivity contribution in [3.05, 3.63) is 42.1 Å². The Balaban J connectivity index is 1.90. The molecule has 2 N–H and O–H groups in total. The Kier molecular flexibility index (Phi) is 4.32. The second-order valence-corrected chi connectivity index (χ2v) is 6.33. The Morgan fingerprint density at radius 2 is 2.05 bits per heavy atom. The summed E-state index contributed by atoms with van der Waals surface area (Å²) >= 11 is 0.629. The van der Waals surface area contributed by atoms with Crippen molar-refractivity contribution < 1.29 is 22.5 Å². The van der Waals surface area contributed by atoms with Gasteiger partial charge < -0.3 is 4.74 Å². The normalized spacial score (nSPS) is 11.1. The van der Waals surface area contributed by atoms with Crippen LogP contribution in [-0.2, 0) is 21.5 Å². The first-order chi connectivity index (χ1) is 9.45. The van der Waals surface area contributed by atoms with Gasteiger partial charge in [-0.05, 0) is 5.56 Å². The number of anilines is 1. The fourth-order valence-corrected chi connectivity index (χ4v) is 2.66. The van der Waals surface area contributed by atoms with E-state index in [1.165, 1.54) is 0 Å². The van der Waals surface area contributed by atoms with Crippen molar-refractivity contribution in [1.82, 2.24) is 4.98 Å². The van der Waals surface area contributed by atoms with Crippen molar-refractivity contribution in [1.29, 1.82) is 0 Å². The minimum Gasteiger partial charge on any atom is -0.444 e. The number of carbonyl (C=O) groups excluding carboxylic acids is 1. The number of hydrogen-bond donors (Lipinski definition) is 2. The minimum atomic E-state index is -4.31. The molecule has 106 valence electrons. The molecule has 9 heteroatoms. The zero-order valence-electron chi connectivity index (χ0n) is 10.0.